The zero-order chi connectivity index (χ0) is 32.7. The first kappa shape index (κ1) is 38.4. The lowest BCUT2D eigenvalue weighted by molar-refractivity contribution is -0.783. The van der Waals surface area contributed by atoms with E-state index in [1.54, 1.807) is 0 Å². The second-order valence-electron chi connectivity index (χ2n) is 14.6. The van der Waals surface area contributed by atoms with Crippen LogP contribution in [-0.4, -0.2) is 11.2 Å². The number of halogens is 2. The van der Waals surface area contributed by atoms with Crippen LogP contribution in [0.3, 0.4) is 0 Å². The van der Waals surface area contributed by atoms with Gasteiger partial charge in [0.05, 0.1) is 5.69 Å². The molecule has 0 amide bonds. The molecule has 1 aliphatic rings. The van der Waals surface area contributed by atoms with Gasteiger partial charge >= 0.3 is 0 Å². The Labute approximate surface area is 297 Å². The van der Waals surface area contributed by atoms with Crippen LogP contribution in [0.15, 0.2) is 78.6 Å². The third-order valence-corrected chi connectivity index (χ3v) is 9.73. The van der Waals surface area contributed by atoms with Gasteiger partial charge in [0, 0.05) is 18.1 Å². The minimum Gasteiger partial charge on any atom is -1.00 e. The predicted molar refractivity (Wildman–Crippen MR) is 190 cm³/mol. The third kappa shape index (κ3) is 7.51. The Morgan fingerprint density at radius 2 is 1.15 bits per heavy atom. The van der Waals surface area contributed by atoms with E-state index in [0.29, 0.717) is 23.7 Å². The van der Waals surface area contributed by atoms with E-state index >= 15 is 0 Å². The van der Waals surface area contributed by atoms with Crippen molar-refractivity contribution < 1.29 is 34.3 Å². The average molecular weight is 676 g/mol. The van der Waals surface area contributed by atoms with Crippen LogP contribution in [0.4, 0.5) is 11.4 Å². The first-order valence-corrected chi connectivity index (χ1v) is 17.0. The highest BCUT2D eigenvalue weighted by atomic mass is 35.5. The lowest BCUT2D eigenvalue weighted by Crippen LogP contribution is -3.05. The molecule has 254 valence electrons. The highest BCUT2D eigenvalue weighted by molar-refractivity contribution is 5.66. The molecule has 4 aromatic rings. The molecule has 4 nitrogen and oxygen atoms in total. The summed E-state index contributed by atoms with van der Waals surface area (Å²) < 4.78 is 4.68. The predicted octanol–water partition coefficient (Wildman–Crippen LogP) is 3.12. The van der Waals surface area contributed by atoms with Crippen LogP contribution in [0.5, 0.6) is 0 Å². The zero-order valence-corrected chi connectivity index (χ0v) is 32.2. The van der Waals surface area contributed by atoms with E-state index in [0.717, 1.165) is 13.2 Å². The second-order valence-corrected chi connectivity index (χ2v) is 14.6. The summed E-state index contributed by atoms with van der Waals surface area (Å²) in [5, 5.41) is 0. The van der Waals surface area contributed by atoms with Gasteiger partial charge in [-0.3, -0.25) is 9.80 Å². The van der Waals surface area contributed by atoms with Gasteiger partial charge in [-0.15, -0.1) is 0 Å². The maximum absolute atomic E-state index is 2.68. The van der Waals surface area contributed by atoms with E-state index in [2.05, 4.69) is 164 Å². The number of allylic oxidation sites excluding steroid dienone is 2. The molecular weight excluding hydrogens is 619 g/mol. The molecule has 0 spiro atoms. The number of nitrogens with zero attached hydrogens (tertiary/aromatic N) is 3. The van der Waals surface area contributed by atoms with Crippen LogP contribution in [0.25, 0.3) is 5.69 Å². The Balaban J connectivity index is 0.00000300. The summed E-state index contributed by atoms with van der Waals surface area (Å²) in [4.78, 5) is 4.17. The Kier molecular flexibility index (Phi) is 12.6. The van der Waals surface area contributed by atoms with Gasteiger partial charge in [0.2, 0.25) is 6.33 Å². The number of hydrogen-bond donors (Lipinski definition) is 1. The van der Waals surface area contributed by atoms with Crippen molar-refractivity contribution >= 4 is 11.4 Å². The number of quaternary nitrogens is 1. The van der Waals surface area contributed by atoms with Gasteiger partial charge in [-0.2, -0.15) is 0 Å². The molecule has 6 heteroatoms. The van der Waals surface area contributed by atoms with Gasteiger partial charge in [-0.25, -0.2) is 9.13 Å². The van der Waals surface area contributed by atoms with E-state index in [1.165, 1.54) is 72.3 Å². The quantitative estimate of drug-likeness (QED) is 0.270. The summed E-state index contributed by atoms with van der Waals surface area (Å²) in [5.74, 6) is 1.77. The van der Waals surface area contributed by atoms with Crippen molar-refractivity contribution in [2.45, 2.75) is 113 Å². The van der Waals surface area contributed by atoms with Crippen molar-refractivity contribution in [3.8, 4) is 5.69 Å². The fourth-order valence-corrected chi connectivity index (χ4v) is 7.53. The van der Waals surface area contributed by atoms with Crippen LogP contribution in [0.1, 0.15) is 125 Å². The average Bonchev–Trinajstić information content (AvgIpc) is 3.55. The summed E-state index contributed by atoms with van der Waals surface area (Å²) in [6.45, 7) is 29.4. The minimum atomic E-state index is 0. The lowest BCUT2D eigenvalue weighted by Gasteiger charge is -2.29. The highest BCUT2D eigenvalue weighted by Gasteiger charge is 2.39. The maximum Gasteiger partial charge on any atom is 0.249 e. The second kappa shape index (κ2) is 15.4. The number of para-hydroxylation sites is 2. The molecule has 2 heterocycles. The van der Waals surface area contributed by atoms with Gasteiger partial charge < -0.3 is 24.8 Å². The smallest absolute Gasteiger partial charge is 0.249 e. The number of hydrogen-bond acceptors (Lipinski definition) is 1. The van der Waals surface area contributed by atoms with Crippen molar-refractivity contribution in [3.05, 3.63) is 118 Å². The molecule has 1 atom stereocenters. The Morgan fingerprint density at radius 1 is 0.681 bits per heavy atom. The molecule has 1 aromatic heterocycles. The molecular formula is C41H56Cl2N4. The van der Waals surface area contributed by atoms with Crippen molar-refractivity contribution in [2.75, 3.05) is 11.6 Å². The number of benzene rings is 3. The van der Waals surface area contributed by atoms with Crippen LogP contribution in [0.2, 0.25) is 0 Å². The third-order valence-electron chi connectivity index (χ3n) is 9.73. The van der Waals surface area contributed by atoms with Gasteiger partial charge in [-0.05, 0) is 66.7 Å². The van der Waals surface area contributed by atoms with Crippen molar-refractivity contribution in [1.29, 1.82) is 0 Å². The molecule has 3 aromatic carbocycles. The molecule has 0 saturated heterocycles. The van der Waals surface area contributed by atoms with E-state index in [4.69, 9.17) is 0 Å². The number of aromatic nitrogens is 2. The molecule has 0 radical (unpaired) electrons. The van der Waals surface area contributed by atoms with Crippen molar-refractivity contribution in [2.24, 2.45) is 0 Å². The summed E-state index contributed by atoms with van der Waals surface area (Å²) >= 11 is 0. The monoisotopic (exact) mass is 674 g/mol. The minimum absolute atomic E-state index is 0. The summed E-state index contributed by atoms with van der Waals surface area (Å²) in [6, 6.07) is 18.5. The van der Waals surface area contributed by atoms with E-state index in [9.17, 15) is 0 Å². The van der Waals surface area contributed by atoms with Gasteiger partial charge in [-0.1, -0.05) is 109 Å². The molecule has 5 rings (SSSR count). The molecule has 1 N–H and O–H groups in total. The highest BCUT2D eigenvalue weighted by Crippen LogP contribution is 2.39. The normalized spacial score (nSPS) is 14.9. The first-order valence-electron chi connectivity index (χ1n) is 17.0. The molecule has 1 aliphatic heterocycles. The SMILES string of the molecule is CC1=C(C[n+]2ccn(-c3c(C)cc(C)cc3C)c2)N(c2c(C(C)C)cccc2C(C)C)C[NH+]1c1c(C(C)C)cccc1C(C)C.[Cl-].[Cl-]. The molecule has 0 saturated carbocycles. The fraction of sp³-hybridized carbons (Fsp3) is 0.439. The first-order chi connectivity index (χ1) is 21.3. The number of imidazole rings is 1. The number of rotatable bonds is 9. The molecule has 0 aliphatic carbocycles. The van der Waals surface area contributed by atoms with Crippen LogP contribution in [-0.2, 0) is 6.54 Å². The molecule has 0 bridgehead atoms. The standard InChI is InChI=1S/C41H55N4.2ClH/c1-26(2)34-15-13-16-35(27(3)4)40(34)44-25-45(41-36(28(5)6)17-14-18-37(41)29(7)8)38(33(44)12)23-42-19-20-43(24-42)39-31(10)21-30(9)22-32(39)11;;/h13-22,24,26-29H,23,25H2,1-12H3;2*1H/q+1;;/p-1. The molecule has 1 unspecified atom stereocenters. The number of anilines is 1. The summed E-state index contributed by atoms with van der Waals surface area (Å²) in [6.07, 6.45) is 6.74. The maximum atomic E-state index is 2.68. The van der Waals surface area contributed by atoms with Crippen molar-refractivity contribution in [1.82, 2.24) is 4.57 Å². The number of nitrogens with one attached hydrogen (secondary N) is 1. The Morgan fingerprint density at radius 3 is 1.62 bits per heavy atom. The Hall–Kier alpha value is -3.05. The zero-order valence-electron chi connectivity index (χ0n) is 30.7. The van der Waals surface area contributed by atoms with Gasteiger partial charge in [0.25, 0.3) is 0 Å². The Bertz CT molecular complexity index is 1650. The molecule has 47 heavy (non-hydrogen) atoms. The topological polar surface area (TPSA) is 16.5 Å². The summed E-state index contributed by atoms with van der Waals surface area (Å²) in [5.41, 5.74) is 16.7. The largest absolute Gasteiger partial charge is 1.00 e. The van der Waals surface area contributed by atoms with E-state index in [1.807, 2.05) is 0 Å². The summed E-state index contributed by atoms with van der Waals surface area (Å²) in [7, 11) is 0. The lowest BCUT2D eigenvalue weighted by atomic mass is 9.91. The van der Waals surface area contributed by atoms with Crippen molar-refractivity contribution in [3.63, 3.8) is 0 Å². The number of aryl methyl sites for hydroxylation is 3. The van der Waals surface area contributed by atoms with E-state index in [-0.39, 0.29) is 24.8 Å². The van der Waals surface area contributed by atoms with E-state index < -0.39 is 0 Å². The molecule has 0 fully saturated rings. The van der Waals surface area contributed by atoms with Crippen LogP contribution < -0.4 is 39.2 Å². The van der Waals surface area contributed by atoms with Crippen LogP contribution >= 0.6 is 0 Å². The fourth-order valence-electron chi connectivity index (χ4n) is 7.53. The van der Waals surface area contributed by atoms with Gasteiger partial charge in [0.15, 0.2) is 6.67 Å². The van der Waals surface area contributed by atoms with Gasteiger partial charge in [0.1, 0.15) is 41.7 Å². The van der Waals surface area contributed by atoms with Crippen LogP contribution in [0, 0.1) is 20.8 Å².